The van der Waals surface area contributed by atoms with Crippen molar-refractivity contribution in [1.82, 2.24) is 15.1 Å². The lowest BCUT2D eigenvalue weighted by molar-refractivity contribution is 0.00504. The van der Waals surface area contributed by atoms with Crippen LogP contribution in [-0.4, -0.2) is 40.1 Å². The van der Waals surface area contributed by atoms with Crippen molar-refractivity contribution in [3.63, 3.8) is 0 Å². The van der Waals surface area contributed by atoms with Gasteiger partial charge in [0, 0.05) is 24.1 Å². The highest BCUT2D eigenvalue weighted by Crippen LogP contribution is 2.30. The van der Waals surface area contributed by atoms with E-state index >= 15 is 0 Å². The van der Waals surface area contributed by atoms with Gasteiger partial charge in [0.2, 0.25) is 5.88 Å². The average Bonchev–Trinajstić information content (AvgIpc) is 3.04. The zero-order chi connectivity index (χ0) is 19.2. The number of ether oxygens (including phenoxy) is 2. The Bertz CT molecular complexity index is 878. The van der Waals surface area contributed by atoms with Gasteiger partial charge in [-0.3, -0.25) is 4.79 Å². The molecule has 8 heteroatoms. The lowest BCUT2D eigenvalue weighted by atomic mass is 10.00. The summed E-state index contributed by atoms with van der Waals surface area (Å²) in [6.45, 7) is 3.87. The smallest absolute Gasteiger partial charge is 0.272 e. The predicted molar refractivity (Wildman–Crippen MR) is 98.4 cm³/mol. The quantitative estimate of drug-likeness (QED) is 0.869. The Labute approximate surface area is 161 Å². The van der Waals surface area contributed by atoms with Gasteiger partial charge in [-0.15, -0.1) is 0 Å². The van der Waals surface area contributed by atoms with Crippen molar-refractivity contribution in [3.05, 3.63) is 40.5 Å². The molecule has 1 amide bonds. The zero-order valence-electron chi connectivity index (χ0n) is 15.2. The highest BCUT2D eigenvalue weighted by Gasteiger charge is 2.35. The standard InChI is InChI=1S/C19H21ClFN3O3/c1-19(2,21)16-5-6-24-17(27-16)9-14(23-24)18(25)22-13-8-11-7-12(20)3-4-15(11)26-10-13/h3-4,7,9,13,16H,5-6,8,10H2,1-2H3,(H,22,25). The van der Waals surface area contributed by atoms with Crippen LogP contribution in [0.1, 0.15) is 36.3 Å². The van der Waals surface area contributed by atoms with Gasteiger partial charge in [0.25, 0.3) is 5.91 Å². The van der Waals surface area contributed by atoms with Gasteiger partial charge in [-0.2, -0.15) is 5.10 Å². The molecule has 0 saturated carbocycles. The summed E-state index contributed by atoms with van der Waals surface area (Å²) in [7, 11) is 0. The molecule has 1 aromatic heterocycles. The zero-order valence-corrected chi connectivity index (χ0v) is 15.9. The summed E-state index contributed by atoms with van der Waals surface area (Å²) in [4.78, 5) is 12.6. The number of amides is 1. The molecule has 2 atom stereocenters. The molecule has 1 N–H and O–H groups in total. The molecule has 0 spiro atoms. The number of nitrogens with zero attached hydrogens (tertiary/aromatic N) is 2. The fourth-order valence-corrected chi connectivity index (χ4v) is 3.60. The largest absolute Gasteiger partial charge is 0.491 e. The summed E-state index contributed by atoms with van der Waals surface area (Å²) in [5.41, 5.74) is -0.245. The topological polar surface area (TPSA) is 65.4 Å². The number of aryl methyl sites for hydroxylation is 1. The Kier molecular flexibility index (Phi) is 4.50. The maximum Gasteiger partial charge on any atom is 0.272 e. The minimum Gasteiger partial charge on any atom is -0.491 e. The number of alkyl halides is 1. The second-order valence-corrected chi connectivity index (χ2v) is 7.92. The molecular formula is C19H21ClFN3O3. The Morgan fingerprint density at radius 3 is 3.00 bits per heavy atom. The minimum atomic E-state index is -1.45. The van der Waals surface area contributed by atoms with Crippen molar-refractivity contribution in [2.24, 2.45) is 0 Å². The van der Waals surface area contributed by atoms with Gasteiger partial charge >= 0.3 is 0 Å². The number of nitrogens with one attached hydrogen (secondary N) is 1. The van der Waals surface area contributed by atoms with Crippen molar-refractivity contribution < 1.29 is 18.7 Å². The molecule has 6 nitrogen and oxygen atoms in total. The van der Waals surface area contributed by atoms with Crippen LogP contribution in [0.25, 0.3) is 0 Å². The van der Waals surface area contributed by atoms with E-state index < -0.39 is 11.8 Å². The summed E-state index contributed by atoms with van der Waals surface area (Å²) in [5, 5.41) is 7.85. The SMILES string of the molecule is CC(C)(F)C1CCn2nc(C(=O)NC3COc4ccc(Cl)cc4C3)cc2O1. The first-order valence-corrected chi connectivity index (χ1v) is 9.33. The average molecular weight is 394 g/mol. The number of carbonyl (C=O) groups excluding carboxylic acids is 1. The summed E-state index contributed by atoms with van der Waals surface area (Å²) >= 11 is 6.03. The highest BCUT2D eigenvalue weighted by molar-refractivity contribution is 6.30. The number of hydrogen-bond acceptors (Lipinski definition) is 4. The molecule has 2 aliphatic rings. The van der Waals surface area contributed by atoms with Gasteiger partial charge in [0.1, 0.15) is 24.1 Å². The van der Waals surface area contributed by atoms with E-state index in [1.54, 1.807) is 16.8 Å². The highest BCUT2D eigenvalue weighted by atomic mass is 35.5. The molecule has 0 radical (unpaired) electrons. The summed E-state index contributed by atoms with van der Waals surface area (Å²) < 4.78 is 27.1. The fourth-order valence-electron chi connectivity index (χ4n) is 3.41. The molecule has 2 aromatic rings. The van der Waals surface area contributed by atoms with Crippen molar-refractivity contribution in [1.29, 1.82) is 0 Å². The van der Waals surface area contributed by atoms with E-state index in [2.05, 4.69) is 10.4 Å². The van der Waals surface area contributed by atoms with Crippen LogP contribution in [0.15, 0.2) is 24.3 Å². The Hall–Kier alpha value is -2.28. The lowest BCUT2D eigenvalue weighted by Crippen LogP contribution is -2.42. The molecular weight excluding hydrogens is 373 g/mol. The number of benzene rings is 1. The van der Waals surface area contributed by atoms with E-state index in [4.69, 9.17) is 21.1 Å². The molecule has 1 aromatic carbocycles. The Morgan fingerprint density at radius 1 is 1.41 bits per heavy atom. The first-order valence-electron chi connectivity index (χ1n) is 8.95. The number of halogens is 2. The number of fused-ring (bicyclic) bond motifs is 2. The van der Waals surface area contributed by atoms with Crippen LogP contribution in [0.2, 0.25) is 5.02 Å². The molecule has 4 rings (SSSR count). The van der Waals surface area contributed by atoms with E-state index in [9.17, 15) is 9.18 Å². The number of hydrogen-bond donors (Lipinski definition) is 1. The van der Waals surface area contributed by atoms with Crippen LogP contribution < -0.4 is 14.8 Å². The van der Waals surface area contributed by atoms with Crippen molar-refractivity contribution in [3.8, 4) is 11.6 Å². The maximum absolute atomic E-state index is 14.1. The number of aromatic nitrogens is 2. The van der Waals surface area contributed by atoms with Crippen molar-refractivity contribution in [2.45, 2.75) is 51.0 Å². The summed E-state index contributed by atoms with van der Waals surface area (Å²) in [5.74, 6) is 0.894. The van der Waals surface area contributed by atoms with Gasteiger partial charge in [-0.1, -0.05) is 11.6 Å². The first kappa shape index (κ1) is 18.1. The van der Waals surface area contributed by atoms with E-state index in [0.717, 1.165) is 11.3 Å². The molecule has 2 aliphatic heterocycles. The molecule has 3 heterocycles. The van der Waals surface area contributed by atoms with Gasteiger partial charge in [0.15, 0.2) is 5.69 Å². The van der Waals surface area contributed by atoms with E-state index in [1.165, 1.54) is 13.8 Å². The van der Waals surface area contributed by atoms with Crippen LogP contribution in [0, 0.1) is 0 Å². The second-order valence-electron chi connectivity index (χ2n) is 7.49. The van der Waals surface area contributed by atoms with Crippen molar-refractivity contribution >= 4 is 17.5 Å². The van der Waals surface area contributed by atoms with Crippen LogP contribution in [0.4, 0.5) is 4.39 Å². The molecule has 2 unspecified atom stereocenters. The van der Waals surface area contributed by atoms with Crippen LogP contribution in [-0.2, 0) is 13.0 Å². The normalized spacial score (nSPS) is 21.5. The molecule has 0 fully saturated rings. The molecule has 144 valence electrons. The Morgan fingerprint density at radius 2 is 2.22 bits per heavy atom. The third-order valence-corrected chi connectivity index (χ3v) is 5.11. The van der Waals surface area contributed by atoms with Gasteiger partial charge in [-0.25, -0.2) is 9.07 Å². The monoisotopic (exact) mass is 393 g/mol. The molecule has 0 bridgehead atoms. The molecule has 0 aliphatic carbocycles. The predicted octanol–water partition coefficient (Wildman–Crippen LogP) is 3.17. The van der Waals surface area contributed by atoms with Gasteiger partial charge in [0.05, 0.1) is 6.04 Å². The lowest BCUT2D eigenvalue weighted by Gasteiger charge is -2.31. The Balaban J connectivity index is 1.44. The molecule has 27 heavy (non-hydrogen) atoms. The van der Waals surface area contributed by atoms with Crippen LogP contribution in [0.5, 0.6) is 11.6 Å². The van der Waals surface area contributed by atoms with Gasteiger partial charge < -0.3 is 14.8 Å². The van der Waals surface area contributed by atoms with Crippen LogP contribution >= 0.6 is 11.6 Å². The fraction of sp³-hybridized carbons (Fsp3) is 0.474. The van der Waals surface area contributed by atoms with Gasteiger partial charge in [-0.05, 0) is 44.0 Å². The second kappa shape index (κ2) is 6.71. The van der Waals surface area contributed by atoms with E-state index in [1.807, 2.05) is 12.1 Å². The van der Waals surface area contributed by atoms with E-state index in [0.29, 0.717) is 36.9 Å². The number of carbonyl (C=O) groups is 1. The van der Waals surface area contributed by atoms with Crippen LogP contribution in [0.3, 0.4) is 0 Å². The summed E-state index contributed by atoms with van der Waals surface area (Å²) in [6, 6.07) is 6.83. The molecule has 0 saturated heterocycles. The maximum atomic E-state index is 14.1. The van der Waals surface area contributed by atoms with Crippen molar-refractivity contribution in [2.75, 3.05) is 6.61 Å². The summed E-state index contributed by atoms with van der Waals surface area (Å²) in [6.07, 6.45) is 0.586. The third-order valence-electron chi connectivity index (χ3n) is 4.87. The first-order chi connectivity index (χ1) is 12.8. The minimum absolute atomic E-state index is 0.180. The number of rotatable bonds is 3. The third kappa shape index (κ3) is 3.74. The van der Waals surface area contributed by atoms with E-state index in [-0.39, 0.29) is 17.6 Å².